The number of aromatic nitrogens is 2. The molecule has 5 heteroatoms. The molecule has 0 radical (unpaired) electrons. The highest BCUT2D eigenvalue weighted by atomic mass is 16.2. The topological polar surface area (TPSA) is 83.8 Å². The zero-order valence-corrected chi connectivity index (χ0v) is 8.50. The molecule has 0 spiro atoms. The Labute approximate surface area is 83.1 Å². The van der Waals surface area contributed by atoms with E-state index in [1.54, 1.807) is 0 Å². The lowest BCUT2D eigenvalue weighted by Gasteiger charge is -2.11. The van der Waals surface area contributed by atoms with Crippen LogP contribution in [0.15, 0.2) is 6.07 Å². The van der Waals surface area contributed by atoms with Crippen LogP contribution in [-0.2, 0) is 0 Å². The maximum atomic E-state index is 11.5. The molecule has 0 aliphatic heterocycles. The van der Waals surface area contributed by atoms with Crippen molar-refractivity contribution in [2.24, 2.45) is 0 Å². The van der Waals surface area contributed by atoms with Crippen LogP contribution in [0.1, 0.15) is 37.2 Å². The van der Waals surface area contributed by atoms with Crippen LogP contribution < -0.4 is 11.1 Å². The lowest BCUT2D eigenvalue weighted by Crippen LogP contribution is -2.32. The van der Waals surface area contributed by atoms with Gasteiger partial charge >= 0.3 is 0 Å². The minimum Gasteiger partial charge on any atom is -0.382 e. The number of nitrogens with two attached hydrogens (primary N) is 1. The van der Waals surface area contributed by atoms with Crippen LogP contribution in [0, 0.1) is 0 Å². The highest BCUT2D eigenvalue weighted by Crippen LogP contribution is 2.02. The molecule has 1 atom stereocenters. The van der Waals surface area contributed by atoms with Crippen molar-refractivity contribution in [1.82, 2.24) is 15.5 Å². The molecule has 1 heterocycles. The first-order valence-corrected chi connectivity index (χ1v) is 4.75. The van der Waals surface area contributed by atoms with E-state index in [0.29, 0.717) is 11.5 Å². The van der Waals surface area contributed by atoms with Gasteiger partial charge in [0.05, 0.1) is 0 Å². The van der Waals surface area contributed by atoms with Gasteiger partial charge in [0.2, 0.25) is 0 Å². The van der Waals surface area contributed by atoms with Gasteiger partial charge in [-0.15, -0.1) is 0 Å². The molecular weight excluding hydrogens is 180 g/mol. The molecule has 0 fully saturated rings. The number of nitrogens with zero attached hydrogens (tertiary/aromatic N) is 1. The van der Waals surface area contributed by atoms with Crippen molar-refractivity contribution >= 4 is 11.7 Å². The summed E-state index contributed by atoms with van der Waals surface area (Å²) < 4.78 is 0. The zero-order chi connectivity index (χ0) is 10.6. The first-order chi connectivity index (χ1) is 6.63. The summed E-state index contributed by atoms with van der Waals surface area (Å²) in [4.78, 5) is 11.5. The average Bonchev–Trinajstić information content (AvgIpc) is 2.52. The van der Waals surface area contributed by atoms with Crippen molar-refractivity contribution in [2.45, 2.75) is 32.7 Å². The Morgan fingerprint density at radius 3 is 3.00 bits per heavy atom. The highest BCUT2D eigenvalue weighted by molar-refractivity contribution is 5.93. The van der Waals surface area contributed by atoms with Crippen molar-refractivity contribution in [1.29, 1.82) is 0 Å². The van der Waals surface area contributed by atoms with Gasteiger partial charge in [0, 0.05) is 12.1 Å². The molecule has 0 saturated carbocycles. The molecule has 1 aromatic rings. The van der Waals surface area contributed by atoms with Crippen LogP contribution in [0.3, 0.4) is 0 Å². The molecule has 0 saturated heterocycles. The zero-order valence-electron chi connectivity index (χ0n) is 8.50. The van der Waals surface area contributed by atoms with E-state index in [4.69, 9.17) is 5.73 Å². The number of aromatic amines is 1. The second kappa shape index (κ2) is 4.64. The Balaban J connectivity index is 2.50. The van der Waals surface area contributed by atoms with Gasteiger partial charge in [-0.3, -0.25) is 9.89 Å². The molecule has 78 valence electrons. The molecule has 1 amide bonds. The van der Waals surface area contributed by atoms with Crippen LogP contribution in [-0.4, -0.2) is 22.1 Å². The van der Waals surface area contributed by atoms with Crippen molar-refractivity contribution in [3.63, 3.8) is 0 Å². The van der Waals surface area contributed by atoms with E-state index in [0.717, 1.165) is 12.8 Å². The van der Waals surface area contributed by atoms with Crippen molar-refractivity contribution in [2.75, 3.05) is 5.73 Å². The summed E-state index contributed by atoms with van der Waals surface area (Å²) in [6.45, 7) is 4.05. The minimum atomic E-state index is -0.157. The van der Waals surface area contributed by atoms with Crippen LogP contribution in [0.25, 0.3) is 0 Å². The van der Waals surface area contributed by atoms with Crippen molar-refractivity contribution in [3.8, 4) is 0 Å². The van der Waals surface area contributed by atoms with E-state index in [9.17, 15) is 4.79 Å². The smallest absolute Gasteiger partial charge is 0.269 e. The van der Waals surface area contributed by atoms with E-state index in [1.807, 2.05) is 6.92 Å². The van der Waals surface area contributed by atoms with E-state index in [1.165, 1.54) is 6.07 Å². The van der Waals surface area contributed by atoms with E-state index in [-0.39, 0.29) is 11.9 Å². The number of carbonyl (C=O) groups excluding carboxylic acids is 1. The number of rotatable bonds is 4. The standard InChI is InChI=1S/C9H16N4O/c1-3-4-6(2)11-9(14)7-5-8(10)13-12-7/h5-6H,3-4H2,1-2H3,(H,11,14)(H3,10,12,13)/t6-/m1/s1. The molecule has 1 rings (SSSR count). The monoisotopic (exact) mass is 196 g/mol. The van der Waals surface area contributed by atoms with E-state index < -0.39 is 0 Å². The Kier molecular flexibility index (Phi) is 3.50. The van der Waals surface area contributed by atoms with Crippen molar-refractivity contribution < 1.29 is 4.79 Å². The second-order valence-corrected chi connectivity index (χ2v) is 3.37. The van der Waals surface area contributed by atoms with Crippen LogP contribution in [0.5, 0.6) is 0 Å². The van der Waals surface area contributed by atoms with Gasteiger partial charge in [-0.25, -0.2) is 0 Å². The minimum absolute atomic E-state index is 0.157. The largest absolute Gasteiger partial charge is 0.382 e. The number of anilines is 1. The number of nitrogen functional groups attached to an aromatic ring is 1. The predicted octanol–water partition coefficient (Wildman–Crippen LogP) is 0.910. The molecule has 0 bridgehead atoms. The number of nitrogens with one attached hydrogen (secondary N) is 2. The second-order valence-electron chi connectivity index (χ2n) is 3.37. The maximum absolute atomic E-state index is 11.5. The Morgan fingerprint density at radius 2 is 2.50 bits per heavy atom. The average molecular weight is 196 g/mol. The lowest BCUT2D eigenvalue weighted by atomic mass is 10.2. The SMILES string of the molecule is CCC[C@@H](C)NC(=O)c1cc(N)n[nH]1. The van der Waals surface area contributed by atoms with Crippen molar-refractivity contribution in [3.05, 3.63) is 11.8 Å². The quantitative estimate of drug-likeness (QED) is 0.669. The fourth-order valence-corrected chi connectivity index (χ4v) is 1.26. The van der Waals surface area contributed by atoms with Gasteiger partial charge in [0.25, 0.3) is 5.91 Å². The van der Waals surface area contributed by atoms with E-state index in [2.05, 4.69) is 22.4 Å². The predicted molar refractivity (Wildman–Crippen MR) is 54.8 cm³/mol. The molecule has 0 aromatic carbocycles. The first-order valence-electron chi connectivity index (χ1n) is 4.75. The molecule has 0 aliphatic rings. The third-order valence-electron chi connectivity index (χ3n) is 1.94. The number of H-pyrrole nitrogens is 1. The molecule has 5 nitrogen and oxygen atoms in total. The number of hydrogen-bond acceptors (Lipinski definition) is 3. The van der Waals surface area contributed by atoms with Crippen LogP contribution in [0.2, 0.25) is 0 Å². The summed E-state index contributed by atoms with van der Waals surface area (Å²) in [5.41, 5.74) is 5.79. The Morgan fingerprint density at radius 1 is 1.79 bits per heavy atom. The normalized spacial score (nSPS) is 12.4. The molecule has 14 heavy (non-hydrogen) atoms. The Bertz CT molecular complexity index is 308. The fraction of sp³-hybridized carbons (Fsp3) is 0.556. The molecule has 0 aliphatic carbocycles. The molecule has 4 N–H and O–H groups in total. The highest BCUT2D eigenvalue weighted by Gasteiger charge is 2.10. The van der Waals surface area contributed by atoms with Gasteiger partial charge in [-0.2, -0.15) is 5.10 Å². The van der Waals surface area contributed by atoms with Gasteiger partial charge in [0.15, 0.2) is 0 Å². The first kappa shape index (κ1) is 10.6. The van der Waals surface area contributed by atoms with Gasteiger partial charge in [-0.1, -0.05) is 13.3 Å². The summed E-state index contributed by atoms with van der Waals surface area (Å²) in [5, 5.41) is 9.09. The molecule has 0 unspecified atom stereocenters. The third kappa shape index (κ3) is 2.76. The molecular formula is C9H16N4O. The van der Waals surface area contributed by atoms with Crippen LogP contribution >= 0.6 is 0 Å². The number of hydrogen-bond donors (Lipinski definition) is 3. The number of amides is 1. The van der Waals surface area contributed by atoms with Gasteiger partial charge in [-0.05, 0) is 13.3 Å². The maximum Gasteiger partial charge on any atom is 0.269 e. The summed E-state index contributed by atoms with van der Waals surface area (Å²) in [5.74, 6) is 0.174. The van der Waals surface area contributed by atoms with Gasteiger partial charge in [0.1, 0.15) is 11.5 Å². The number of carbonyl (C=O) groups is 1. The van der Waals surface area contributed by atoms with E-state index >= 15 is 0 Å². The molecule has 1 aromatic heterocycles. The third-order valence-corrected chi connectivity index (χ3v) is 1.94. The summed E-state index contributed by atoms with van der Waals surface area (Å²) in [6.07, 6.45) is 2.02. The Hall–Kier alpha value is -1.52. The van der Waals surface area contributed by atoms with Crippen LogP contribution in [0.4, 0.5) is 5.82 Å². The summed E-state index contributed by atoms with van der Waals surface area (Å²) in [7, 11) is 0. The summed E-state index contributed by atoms with van der Waals surface area (Å²) in [6, 6.07) is 1.70. The summed E-state index contributed by atoms with van der Waals surface area (Å²) >= 11 is 0. The lowest BCUT2D eigenvalue weighted by molar-refractivity contribution is 0.0933. The fourth-order valence-electron chi connectivity index (χ4n) is 1.26. The van der Waals surface area contributed by atoms with Gasteiger partial charge < -0.3 is 11.1 Å².